The lowest BCUT2D eigenvalue weighted by atomic mass is 9.95. The molecule has 2 heterocycles. The Morgan fingerprint density at radius 3 is 2.19 bits per heavy atom. The Hall–Kier alpha value is -2.67. The molecule has 0 amide bonds. The Bertz CT molecular complexity index is 1150. The minimum Gasteiger partial charge on any atom is -0.543 e. The monoisotopic (exact) mass is 453 g/mol. The van der Waals surface area contributed by atoms with E-state index in [0.717, 1.165) is 39.5 Å². The maximum Gasteiger partial charge on any atom is 0.339 e. The molecule has 6 nitrogen and oxygen atoms in total. The number of benzene rings is 1. The maximum absolute atomic E-state index is 12.4. The highest BCUT2D eigenvalue weighted by Gasteiger charge is 2.39. The molecular formula is C25H35N3O3Si. The van der Waals surface area contributed by atoms with Crippen molar-refractivity contribution in [2.45, 2.75) is 72.5 Å². The Balaban J connectivity index is 2.20. The van der Waals surface area contributed by atoms with Crippen molar-refractivity contribution in [1.82, 2.24) is 14.6 Å². The molecule has 2 aromatic heterocycles. The summed E-state index contributed by atoms with van der Waals surface area (Å²) < 4.78 is 13.2. The van der Waals surface area contributed by atoms with Gasteiger partial charge in [-0.2, -0.15) is 5.10 Å². The first-order chi connectivity index (χ1) is 14.7. The second-order valence-corrected chi connectivity index (χ2v) is 15.0. The van der Waals surface area contributed by atoms with Crippen LogP contribution in [0, 0.1) is 13.8 Å². The number of carbonyl (C=O) groups excluding carboxylic acids is 1. The standard InChI is InChI=1S/C25H35N3O3Si/c1-15(2)22-26-23-20(13-18(24(29)30-8)14-28(23)27-22)21-16(3)11-19(12-17(21)4)31-32(9,10)25(5,6)7/h11-15H,1-10H3. The molecule has 0 saturated heterocycles. The van der Waals surface area contributed by atoms with Crippen molar-refractivity contribution in [3.8, 4) is 16.9 Å². The number of hydrogen-bond donors (Lipinski definition) is 0. The van der Waals surface area contributed by atoms with Gasteiger partial charge >= 0.3 is 5.97 Å². The average Bonchev–Trinajstić information content (AvgIpc) is 3.10. The summed E-state index contributed by atoms with van der Waals surface area (Å²) >= 11 is 0. The normalized spacial score (nSPS) is 12.5. The summed E-state index contributed by atoms with van der Waals surface area (Å²) in [6.45, 7) is 19.5. The van der Waals surface area contributed by atoms with Crippen LogP contribution in [0.3, 0.4) is 0 Å². The first-order valence-electron chi connectivity index (χ1n) is 11.0. The Morgan fingerprint density at radius 1 is 1.09 bits per heavy atom. The Morgan fingerprint density at radius 2 is 1.69 bits per heavy atom. The van der Waals surface area contributed by atoms with E-state index in [2.05, 4.69) is 78.8 Å². The zero-order chi connectivity index (χ0) is 24.0. The van der Waals surface area contributed by atoms with Gasteiger partial charge in [-0.25, -0.2) is 14.3 Å². The quantitative estimate of drug-likeness (QED) is 0.335. The highest BCUT2D eigenvalue weighted by Crippen LogP contribution is 2.40. The van der Waals surface area contributed by atoms with E-state index < -0.39 is 14.3 Å². The second-order valence-electron chi connectivity index (χ2n) is 10.3. The fourth-order valence-electron chi connectivity index (χ4n) is 3.52. The minimum absolute atomic E-state index is 0.114. The average molecular weight is 454 g/mol. The van der Waals surface area contributed by atoms with Crippen LogP contribution in [-0.4, -0.2) is 36.0 Å². The summed E-state index contributed by atoms with van der Waals surface area (Å²) in [5.41, 5.74) is 5.20. The fraction of sp³-hybridized carbons (Fsp3) is 0.480. The van der Waals surface area contributed by atoms with Crippen molar-refractivity contribution in [2.24, 2.45) is 0 Å². The lowest BCUT2D eigenvalue weighted by Crippen LogP contribution is -2.43. The van der Waals surface area contributed by atoms with Gasteiger partial charge in [-0.05, 0) is 66.9 Å². The van der Waals surface area contributed by atoms with Crippen molar-refractivity contribution in [2.75, 3.05) is 7.11 Å². The molecule has 0 aliphatic rings. The van der Waals surface area contributed by atoms with Crippen molar-refractivity contribution in [1.29, 1.82) is 0 Å². The first-order valence-corrected chi connectivity index (χ1v) is 13.9. The highest BCUT2D eigenvalue weighted by atomic mass is 28.4. The van der Waals surface area contributed by atoms with E-state index >= 15 is 0 Å². The van der Waals surface area contributed by atoms with Crippen LogP contribution in [0.25, 0.3) is 16.8 Å². The van der Waals surface area contributed by atoms with Crippen LogP contribution in [-0.2, 0) is 4.74 Å². The molecule has 1 aromatic carbocycles. The van der Waals surface area contributed by atoms with Gasteiger partial charge in [0.1, 0.15) is 5.75 Å². The summed E-state index contributed by atoms with van der Waals surface area (Å²) in [5, 5.41) is 4.72. The Kier molecular flexibility index (Phi) is 6.26. The summed E-state index contributed by atoms with van der Waals surface area (Å²) in [5.74, 6) is 1.40. The molecule has 0 saturated carbocycles. The van der Waals surface area contributed by atoms with Gasteiger partial charge in [0.05, 0.1) is 12.7 Å². The lowest BCUT2D eigenvalue weighted by Gasteiger charge is -2.36. The third-order valence-corrected chi connectivity index (χ3v) is 10.7. The van der Waals surface area contributed by atoms with Gasteiger partial charge in [-0.15, -0.1) is 0 Å². The van der Waals surface area contributed by atoms with Gasteiger partial charge in [0.25, 0.3) is 0 Å². The van der Waals surface area contributed by atoms with Crippen LogP contribution in [0.2, 0.25) is 18.1 Å². The van der Waals surface area contributed by atoms with Gasteiger partial charge in [0.2, 0.25) is 8.32 Å². The van der Waals surface area contributed by atoms with Crippen LogP contribution in [0.5, 0.6) is 5.75 Å². The number of ether oxygens (including phenoxy) is 1. The number of pyridine rings is 1. The number of nitrogens with zero attached hydrogens (tertiary/aromatic N) is 3. The smallest absolute Gasteiger partial charge is 0.339 e. The fourth-order valence-corrected chi connectivity index (χ4v) is 4.53. The molecule has 0 fully saturated rings. The van der Waals surface area contributed by atoms with Gasteiger partial charge in [-0.1, -0.05) is 34.6 Å². The predicted octanol–water partition coefficient (Wildman–Crippen LogP) is 6.31. The molecule has 0 spiro atoms. The number of carbonyl (C=O) groups is 1. The number of aromatic nitrogens is 3. The zero-order valence-corrected chi connectivity index (χ0v) is 22.0. The summed E-state index contributed by atoms with van der Waals surface area (Å²) in [6.07, 6.45) is 1.68. The van der Waals surface area contributed by atoms with E-state index in [-0.39, 0.29) is 11.0 Å². The van der Waals surface area contributed by atoms with Crippen LogP contribution < -0.4 is 4.43 Å². The molecule has 0 bridgehead atoms. The van der Waals surface area contributed by atoms with Gasteiger partial charge < -0.3 is 9.16 Å². The van der Waals surface area contributed by atoms with E-state index in [0.29, 0.717) is 5.56 Å². The van der Waals surface area contributed by atoms with Crippen molar-refractivity contribution < 1.29 is 14.0 Å². The van der Waals surface area contributed by atoms with Crippen molar-refractivity contribution in [3.63, 3.8) is 0 Å². The third-order valence-electron chi connectivity index (χ3n) is 6.34. The molecule has 32 heavy (non-hydrogen) atoms. The van der Waals surface area contributed by atoms with Crippen LogP contribution in [0.4, 0.5) is 0 Å². The van der Waals surface area contributed by atoms with Crippen molar-refractivity contribution >= 4 is 19.9 Å². The SMILES string of the molecule is COC(=O)c1cc(-c2c(C)cc(O[Si](C)(C)C(C)(C)C)cc2C)c2nc(C(C)C)nn2c1. The number of esters is 1. The number of aryl methyl sites for hydroxylation is 2. The zero-order valence-electron chi connectivity index (χ0n) is 21.0. The molecular weight excluding hydrogens is 418 g/mol. The summed E-state index contributed by atoms with van der Waals surface area (Å²) in [7, 11) is -0.572. The first kappa shape index (κ1) is 24.0. The van der Waals surface area contributed by atoms with E-state index in [1.807, 2.05) is 6.07 Å². The number of methoxy groups -OCH3 is 1. The molecule has 0 aliphatic heterocycles. The number of hydrogen-bond acceptors (Lipinski definition) is 5. The molecule has 0 N–H and O–H groups in total. The van der Waals surface area contributed by atoms with Crippen LogP contribution in [0.1, 0.15) is 67.8 Å². The van der Waals surface area contributed by atoms with E-state index in [1.165, 1.54) is 7.11 Å². The lowest BCUT2D eigenvalue weighted by molar-refractivity contribution is 0.0600. The minimum atomic E-state index is -1.96. The predicted molar refractivity (Wildman–Crippen MR) is 131 cm³/mol. The summed E-state index contributed by atoms with van der Waals surface area (Å²) in [4.78, 5) is 17.1. The Labute approximate surface area is 192 Å². The van der Waals surface area contributed by atoms with Crippen LogP contribution in [0.15, 0.2) is 24.4 Å². The second kappa shape index (κ2) is 8.35. The molecule has 172 valence electrons. The molecule has 0 radical (unpaired) electrons. The number of rotatable bonds is 5. The van der Waals surface area contributed by atoms with Gasteiger partial charge in [-0.3, -0.25) is 0 Å². The van der Waals surface area contributed by atoms with E-state index in [1.54, 1.807) is 10.7 Å². The molecule has 3 aromatic rings. The van der Waals surface area contributed by atoms with Gasteiger partial charge in [0.15, 0.2) is 11.5 Å². The highest BCUT2D eigenvalue weighted by molar-refractivity contribution is 6.74. The molecule has 0 aliphatic carbocycles. The molecule has 3 rings (SSSR count). The topological polar surface area (TPSA) is 65.7 Å². The van der Waals surface area contributed by atoms with Gasteiger partial charge in [0, 0.05) is 17.7 Å². The number of fused-ring (bicyclic) bond motifs is 1. The molecule has 0 unspecified atom stereocenters. The van der Waals surface area contributed by atoms with Crippen LogP contribution >= 0.6 is 0 Å². The summed E-state index contributed by atoms with van der Waals surface area (Å²) in [6, 6.07) is 6.03. The molecule has 7 heteroatoms. The van der Waals surface area contributed by atoms with Crippen molar-refractivity contribution in [3.05, 3.63) is 46.9 Å². The maximum atomic E-state index is 12.4. The third kappa shape index (κ3) is 4.44. The largest absolute Gasteiger partial charge is 0.543 e. The molecule has 0 atom stereocenters. The van der Waals surface area contributed by atoms with E-state index in [4.69, 9.17) is 14.1 Å². The van der Waals surface area contributed by atoms with E-state index in [9.17, 15) is 4.79 Å².